The summed E-state index contributed by atoms with van der Waals surface area (Å²) in [4.78, 5) is 45.2. The molecule has 1 unspecified atom stereocenters. The molecule has 7 heteroatoms. The highest BCUT2D eigenvalue weighted by atomic mass is 16.5. The normalized spacial score (nSPS) is 11.8. The number of esters is 1. The third kappa shape index (κ3) is 5.26. The maximum Gasteiger partial charge on any atom is 0.338 e. The third-order valence-electron chi connectivity index (χ3n) is 6.26. The Kier molecular flexibility index (Phi) is 6.76. The number of aromatic nitrogens is 2. The largest absolute Gasteiger partial charge is 0.452 e. The van der Waals surface area contributed by atoms with Crippen molar-refractivity contribution in [3.8, 4) is 0 Å². The van der Waals surface area contributed by atoms with Crippen LogP contribution in [0.3, 0.4) is 0 Å². The first-order valence-corrected chi connectivity index (χ1v) is 12.0. The van der Waals surface area contributed by atoms with Crippen molar-refractivity contribution in [1.29, 1.82) is 0 Å². The Hall–Kier alpha value is -4.78. The molecule has 184 valence electrons. The fraction of sp³-hybridized carbons (Fsp3) is 0.133. The van der Waals surface area contributed by atoms with Crippen LogP contribution >= 0.6 is 0 Å². The first-order valence-electron chi connectivity index (χ1n) is 12.0. The van der Waals surface area contributed by atoms with E-state index >= 15 is 0 Å². The molecular weight excluding hydrogens is 466 g/mol. The quantitative estimate of drug-likeness (QED) is 0.321. The molecule has 4 aromatic carbocycles. The average Bonchev–Trinajstić information content (AvgIpc) is 2.91. The van der Waals surface area contributed by atoms with E-state index in [1.807, 2.05) is 55.5 Å². The molecule has 1 aromatic heterocycles. The monoisotopic (exact) mass is 491 g/mol. The molecule has 5 aromatic rings. The van der Waals surface area contributed by atoms with Crippen molar-refractivity contribution < 1.29 is 14.3 Å². The molecule has 2 N–H and O–H groups in total. The molecule has 0 aliphatic rings. The molecule has 7 nitrogen and oxygen atoms in total. The second-order valence-corrected chi connectivity index (χ2v) is 8.80. The molecule has 0 aliphatic heterocycles. The second-order valence-electron chi connectivity index (χ2n) is 8.80. The van der Waals surface area contributed by atoms with Crippen LogP contribution in [0.1, 0.15) is 40.3 Å². The van der Waals surface area contributed by atoms with Crippen molar-refractivity contribution >= 4 is 33.6 Å². The Morgan fingerprint density at radius 3 is 2.46 bits per heavy atom. The first-order chi connectivity index (χ1) is 18.0. The van der Waals surface area contributed by atoms with Crippen LogP contribution < -0.4 is 10.9 Å². The fourth-order valence-corrected chi connectivity index (χ4v) is 4.47. The number of hydrogen-bond acceptors (Lipinski definition) is 5. The van der Waals surface area contributed by atoms with E-state index in [-0.39, 0.29) is 18.0 Å². The van der Waals surface area contributed by atoms with Gasteiger partial charge in [-0.25, -0.2) is 9.78 Å². The lowest BCUT2D eigenvalue weighted by Gasteiger charge is -2.17. The first kappa shape index (κ1) is 23.9. The van der Waals surface area contributed by atoms with Crippen LogP contribution in [0.25, 0.3) is 21.7 Å². The van der Waals surface area contributed by atoms with Gasteiger partial charge in [-0.1, -0.05) is 72.8 Å². The summed E-state index contributed by atoms with van der Waals surface area (Å²) in [6, 6.07) is 27.7. The van der Waals surface area contributed by atoms with Crippen LogP contribution in [0.5, 0.6) is 0 Å². The SMILES string of the molecule is CC(NC(=O)COC(=O)c1ccccc1Cc1nc2ccccc2c(=O)[nH]1)c1cccc2ccccc12. The Labute approximate surface area is 213 Å². The van der Waals surface area contributed by atoms with E-state index in [1.54, 1.807) is 42.5 Å². The molecule has 0 fully saturated rings. The van der Waals surface area contributed by atoms with Crippen LogP contribution in [0.15, 0.2) is 95.8 Å². The van der Waals surface area contributed by atoms with E-state index in [4.69, 9.17) is 4.74 Å². The number of fused-ring (bicyclic) bond motifs is 2. The zero-order valence-corrected chi connectivity index (χ0v) is 20.2. The van der Waals surface area contributed by atoms with E-state index in [9.17, 15) is 14.4 Å². The average molecular weight is 492 g/mol. The minimum atomic E-state index is -0.619. The number of nitrogens with zero attached hydrogens (tertiary/aromatic N) is 1. The number of nitrogens with one attached hydrogen (secondary N) is 2. The molecule has 1 heterocycles. The van der Waals surface area contributed by atoms with Gasteiger partial charge in [0.2, 0.25) is 0 Å². The topological polar surface area (TPSA) is 101 Å². The minimum absolute atomic E-state index is 0.232. The number of benzene rings is 4. The van der Waals surface area contributed by atoms with Gasteiger partial charge in [0.1, 0.15) is 5.82 Å². The van der Waals surface area contributed by atoms with Gasteiger partial charge in [-0.2, -0.15) is 0 Å². The second kappa shape index (κ2) is 10.5. The van der Waals surface area contributed by atoms with Crippen molar-refractivity contribution in [2.24, 2.45) is 0 Å². The molecule has 0 spiro atoms. The summed E-state index contributed by atoms with van der Waals surface area (Å²) >= 11 is 0. The molecule has 1 amide bonds. The number of aromatic amines is 1. The van der Waals surface area contributed by atoms with Gasteiger partial charge < -0.3 is 15.0 Å². The van der Waals surface area contributed by atoms with E-state index in [0.717, 1.165) is 16.3 Å². The smallest absolute Gasteiger partial charge is 0.338 e. The third-order valence-corrected chi connectivity index (χ3v) is 6.26. The number of para-hydroxylation sites is 1. The van der Waals surface area contributed by atoms with E-state index < -0.39 is 18.5 Å². The molecule has 37 heavy (non-hydrogen) atoms. The number of H-pyrrole nitrogens is 1. The predicted molar refractivity (Wildman–Crippen MR) is 142 cm³/mol. The van der Waals surface area contributed by atoms with Crippen LogP contribution in [0.4, 0.5) is 0 Å². The highest BCUT2D eigenvalue weighted by molar-refractivity contribution is 5.93. The molecule has 0 saturated carbocycles. The number of amides is 1. The highest BCUT2D eigenvalue weighted by Crippen LogP contribution is 2.24. The Bertz CT molecular complexity index is 1670. The zero-order chi connectivity index (χ0) is 25.8. The number of carbonyl (C=O) groups excluding carboxylic acids is 2. The lowest BCUT2D eigenvalue weighted by atomic mass is 10.00. The maximum atomic E-state index is 12.9. The van der Waals surface area contributed by atoms with Crippen molar-refractivity contribution in [1.82, 2.24) is 15.3 Å². The zero-order valence-electron chi connectivity index (χ0n) is 20.2. The van der Waals surface area contributed by atoms with Crippen LogP contribution in [0, 0.1) is 0 Å². The highest BCUT2D eigenvalue weighted by Gasteiger charge is 2.17. The van der Waals surface area contributed by atoms with Crippen molar-refractivity contribution in [2.75, 3.05) is 6.61 Å². The van der Waals surface area contributed by atoms with Gasteiger partial charge >= 0.3 is 5.97 Å². The summed E-state index contributed by atoms with van der Waals surface area (Å²) in [5.41, 5.74) is 2.28. The molecule has 5 rings (SSSR count). The van der Waals surface area contributed by atoms with Crippen molar-refractivity contribution in [3.05, 3.63) is 124 Å². The molecule has 0 radical (unpaired) electrons. The maximum absolute atomic E-state index is 12.9. The van der Waals surface area contributed by atoms with Crippen molar-refractivity contribution in [2.45, 2.75) is 19.4 Å². The Morgan fingerprint density at radius 2 is 1.59 bits per heavy atom. The molecule has 0 saturated heterocycles. The summed E-state index contributed by atoms with van der Waals surface area (Å²) in [6.07, 6.45) is 0.232. The summed E-state index contributed by atoms with van der Waals surface area (Å²) in [5.74, 6) is -0.580. The van der Waals surface area contributed by atoms with Gasteiger partial charge in [0, 0.05) is 6.42 Å². The van der Waals surface area contributed by atoms with Gasteiger partial charge in [-0.15, -0.1) is 0 Å². The summed E-state index contributed by atoms with van der Waals surface area (Å²) in [6.45, 7) is 1.49. The number of carbonyl (C=O) groups is 2. The number of hydrogen-bond donors (Lipinski definition) is 2. The summed E-state index contributed by atoms with van der Waals surface area (Å²) in [5, 5.41) is 5.56. The summed E-state index contributed by atoms with van der Waals surface area (Å²) < 4.78 is 5.34. The lowest BCUT2D eigenvalue weighted by Crippen LogP contribution is -2.31. The van der Waals surface area contributed by atoms with E-state index in [1.165, 1.54) is 0 Å². The number of rotatable bonds is 7. The molecule has 0 bridgehead atoms. The van der Waals surface area contributed by atoms with Crippen molar-refractivity contribution in [3.63, 3.8) is 0 Å². The summed E-state index contributed by atoms with van der Waals surface area (Å²) in [7, 11) is 0. The van der Waals surface area contributed by atoms with Gasteiger partial charge in [-0.05, 0) is 47.0 Å². The molecule has 0 aliphatic carbocycles. The Morgan fingerprint density at radius 1 is 0.892 bits per heavy atom. The Balaban J connectivity index is 1.26. The lowest BCUT2D eigenvalue weighted by molar-refractivity contribution is -0.124. The molecule has 1 atom stereocenters. The predicted octanol–water partition coefficient (Wildman–Crippen LogP) is 4.70. The van der Waals surface area contributed by atoms with Crippen LogP contribution in [-0.2, 0) is 16.0 Å². The van der Waals surface area contributed by atoms with E-state index in [2.05, 4.69) is 15.3 Å². The van der Waals surface area contributed by atoms with Gasteiger partial charge in [-0.3, -0.25) is 9.59 Å². The number of ether oxygens (including phenoxy) is 1. The standard InChI is InChI=1S/C30H25N3O4/c1-19(22-15-8-11-20-9-2-4-12-23(20)22)31-28(34)18-37-30(36)24-13-5-3-10-21(24)17-27-32-26-16-7-6-14-25(26)29(35)33-27/h2-16,19H,17-18H2,1H3,(H,31,34)(H,32,33,35). The minimum Gasteiger partial charge on any atom is -0.452 e. The van der Waals surface area contributed by atoms with E-state index in [0.29, 0.717) is 27.9 Å². The van der Waals surface area contributed by atoms with Gasteiger partial charge in [0.15, 0.2) is 6.61 Å². The van der Waals surface area contributed by atoms with Gasteiger partial charge in [0.25, 0.3) is 11.5 Å². The van der Waals surface area contributed by atoms with Crippen LogP contribution in [-0.4, -0.2) is 28.5 Å². The fourth-order valence-electron chi connectivity index (χ4n) is 4.47. The molecular formula is C30H25N3O4. The van der Waals surface area contributed by atoms with Gasteiger partial charge in [0.05, 0.1) is 22.5 Å². The van der Waals surface area contributed by atoms with Crippen LogP contribution in [0.2, 0.25) is 0 Å².